The summed E-state index contributed by atoms with van der Waals surface area (Å²) in [4.78, 5) is 10.6. The number of aromatic hydroxyl groups is 1. The van der Waals surface area contributed by atoms with E-state index in [0.717, 1.165) is 23.0 Å². The summed E-state index contributed by atoms with van der Waals surface area (Å²) in [5, 5.41) is 9.99. The van der Waals surface area contributed by atoms with Crippen molar-refractivity contribution in [3.8, 4) is 5.75 Å². The largest absolute Gasteiger partial charge is 0.508 e. The van der Waals surface area contributed by atoms with Crippen LogP contribution in [0.2, 0.25) is 0 Å². The molecule has 0 heterocycles. The van der Waals surface area contributed by atoms with Crippen LogP contribution in [0, 0.1) is 6.92 Å². The van der Waals surface area contributed by atoms with Crippen LogP contribution in [0.3, 0.4) is 0 Å². The Bertz CT molecular complexity index is 414. The van der Waals surface area contributed by atoms with E-state index in [4.69, 9.17) is 0 Å². The highest BCUT2D eigenvalue weighted by Gasteiger charge is 2.21. The van der Waals surface area contributed by atoms with Gasteiger partial charge in [0, 0.05) is 6.42 Å². The molecule has 1 unspecified atom stereocenters. The van der Waals surface area contributed by atoms with E-state index in [1.165, 1.54) is 0 Å². The average molecular weight is 234 g/mol. The Balaban J connectivity index is 3.28. The average Bonchev–Trinajstić information content (AvgIpc) is 2.15. The zero-order chi connectivity index (χ0) is 13.2. The molecule has 2 nitrogen and oxygen atoms in total. The van der Waals surface area contributed by atoms with E-state index < -0.39 is 0 Å². The number of phenolic OH excluding ortho intramolecular Hbond substituents is 1. The lowest BCUT2D eigenvalue weighted by molar-refractivity contribution is -0.108. The molecule has 0 aliphatic heterocycles. The van der Waals surface area contributed by atoms with Crippen molar-refractivity contribution in [1.82, 2.24) is 0 Å². The van der Waals surface area contributed by atoms with Gasteiger partial charge in [0.2, 0.25) is 0 Å². The number of carbonyl (C=O) groups excluding carboxylic acids is 1. The number of rotatable bonds is 3. The smallest absolute Gasteiger partial charge is 0.120 e. The number of carbonyl (C=O) groups is 1. The maximum absolute atomic E-state index is 10.6. The summed E-state index contributed by atoms with van der Waals surface area (Å²) >= 11 is 0. The topological polar surface area (TPSA) is 37.3 Å². The fourth-order valence-electron chi connectivity index (χ4n) is 2.11. The van der Waals surface area contributed by atoms with E-state index in [0.29, 0.717) is 12.2 Å². The Kier molecular flexibility index (Phi) is 3.97. The Labute approximate surface area is 104 Å². The van der Waals surface area contributed by atoms with Crippen LogP contribution in [0.5, 0.6) is 5.75 Å². The number of aldehydes is 1. The van der Waals surface area contributed by atoms with Crippen molar-refractivity contribution in [2.45, 2.75) is 52.4 Å². The minimum absolute atomic E-state index is 0.0898. The van der Waals surface area contributed by atoms with Crippen LogP contribution in [-0.2, 0) is 10.2 Å². The zero-order valence-corrected chi connectivity index (χ0v) is 11.4. The number of hydrogen-bond donors (Lipinski definition) is 1. The first-order valence-electron chi connectivity index (χ1n) is 6.05. The number of hydrogen-bond acceptors (Lipinski definition) is 2. The molecule has 0 amide bonds. The van der Waals surface area contributed by atoms with Crippen molar-refractivity contribution in [2.24, 2.45) is 0 Å². The first-order chi connectivity index (χ1) is 7.77. The minimum Gasteiger partial charge on any atom is -0.508 e. The van der Waals surface area contributed by atoms with Gasteiger partial charge in [0.25, 0.3) is 0 Å². The Hall–Kier alpha value is -1.31. The fraction of sp³-hybridized carbons (Fsp3) is 0.533. The highest BCUT2D eigenvalue weighted by Crippen LogP contribution is 2.35. The van der Waals surface area contributed by atoms with Gasteiger partial charge in [-0.05, 0) is 41.0 Å². The molecule has 0 spiro atoms. The molecule has 2 heteroatoms. The second-order valence-corrected chi connectivity index (χ2v) is 5.78. The highest BCUT2D eigenvalue weighted by molar-refractivity contribution is 5.53. The highest BCUT2D eigenvalue weighted by atomic mass is 16.3. The standard InChI is InChI=1S/C15H22O2/c1-10(6-7-16)12-9-13(15(3,4)5)14(17)8-11(12)2/h7-10,17H,6H2,1-5H3. The molecule has 94 valence electrons. The van der Waals surface area contributed by atoms with Crippen molar-refractivity contribution in [3.63, 3.8) is 0 Å². The zero-order valence-electron chi connectivity index (χ0n) is 11.4. The Morgan fingerprint density at radius 3 is 2.41 bits per heavy atom. The van der Waals surface area contributed by atoms with Crippen LogP contribution in [0.4, 0.5) is 0 Å². The third-order valence-corrected chi connectivity index (χ3v) is 3.17. The van der Waals surface area contributed by atoms with Crippen LogP contribution in [0.25, 0.3) is 0 Å². The molecular formula is C15H22O2. The van der Waals surface area contributed by atoms with Crippen LogP contribution in [0.15, 0.2) is 12.1 Å². The third kappa shape index (κ3) is 3.09. The molecule has 1 rings (SSSR count). The molecule has 1 N–H and O–H groups in total. The maximum Gasteiger partial charge on any atom is 0.120 e. The summed E-state index contributed by atoms with van der Waals surface area (Å²) in [6, 6.07) is 3.84. The van der Waals surface area contributed by atoms with Gasteiger partial charge in [-0.3, -0.25) is 0 Å². The van der Waals surface area contributed by atoms with Crippen LogP contribution >= 0.6 is 0 Å². The SMILES string of the molecule is Cc1cc(O)c(C(C)(C)C)cc1C(C)CC=O. The predicted octanol–water partition coefficient (Wildman–Crippen LogP) is 3.69. The lowest BCUT2D eigenvalue weighted by atomic mass is 9.82. The van der Waals surface area contributed by atoms with Gasteiger partial charge in [0.1, 0.15) is 12.0 Å². The van der Waals surface area contributed by atoms with Crippen molar-refractivity contribution in [2.75, 3.05) is 0 Å². The molecule has 0 radical (unpaired) electrons. The Morgan fingerprint density at radius 1 is 1.35 bits per heavy atom. The van der Waals surface area contributed by atoms with Gasteiger partial charge >= 0.3 is 0 Å². The summed E-state index contributed by atoms with van der Waals surface area (Å²) in [7, 11) is 0. The molecular weight excluding hydrogens is 212 g/mol. The summed E-state index contributed by atoms with van der Waals surface area (Å²) in [6.07, 6.45) is 1.48. The molecule has 0 saturated heterocycles. The molecule has 0 bridgehead atoms. The van der Waals surface area contributed by atoms with Gasteiger partial charge in [-0.25, -0.2) is 0 Å². The van der Waals surface area contributed by atoms with Gasteiger partial charge in [0.15, 0.2) is 0 Å². The quantitative estimate of drug-likeness (QED) is 0.810. The lowest BCUT2D eigenvalue weighted by Crippen LogP contribution is -2.13. The first-order valence-corrected chi connectivity index (χ1v) is 6.05. The van der Waals surface area contributed by atoms with E-state index >= 15 is 0 Å². The van der Waals surface area contributed by atoms with E-state index in [1.54, 1.807) is 6.07 Å². The second kappa shape index (κ2) is 4.91. The summed E-state index contributed by atoms with van der Waals surface area (Å²) in [5.74, 6) is 0.547. The van der Waals surface area contributed by atoms with Gasteiger partial charge < -0.3 is 9.90 Å². The molecule has 1 aromatic carbocycles. The number of aryl methyl sites for hydroxylation is 1. The molecule has 0 aliphatic carbocycles. The van der Waals surface area contributed by atoms with Crippen LogP contribution in [-0.4, -0.2) is 11.4 Å². The normalized spacial score (nSPS) is 13.5. The van der Waals surface area contributed by atoms with E-state index in [1.807, 2.05) is 19.9 Å². The van der Waals surface area contributed by atoms with E-state index in [9.17, 15) is 9.90 Å². The number of benzene rings is 1. The van der Waals surface area contributed by atoms with Gasteiger partial charge in [-0.1, -0.05) is 33.8 Å². The van der Waals surface area contributed by atoms with Crippen molar-refractivity contribution in [3.05, 3.63) is 28.8 Å². The van der Waals surface area contributed by atoms with Gasteiger partial charge in [0.05, 0.1) is 0 Å². The molecule has 0 aromatic heterocycles. The molecule has 17 heavy (non-hydrogen) atoms. The fourth-order valence-corrected chi connectivity index (χ4v) is 2.11. The summed E-state index contributed by atoms with van der Waals surface area (Å²) < 4.78 is 0. The minimum atomic E-state index is -0.0898. The number of phenols is 1. The third-order valence-electron chi connectivity index (χ3n) is 3.17. The second-order valence-electron chi connectivity index (χ2n) is 5.78. The molecule has 0 fully saturated rings. The maximum atomic E-state index is 10.6. The lowest BCUT2D eigenvalue weighted by Gasteiger charge is -2.23. The molecule has 1 atom stereocenters. The Morgan fingerprint density at radius 2 is 1.94 bits per heavy atom. The molecule has 0 aliphatic rings. The van der Waals surface area contributed by atoms with Crippen molar-refractivity contribution < 1.29 is 9.90 Å². The molecule has 0 saturated carbocycles. The van der Waals surface area contributed by atoms with Crippen molar-refractivity contribution >= 4 is 6.29 Å². The monoisotopic (exact) mass is 234 g/mol. The van der Waals surface area contributed by atoms with E-state index in [2.05, 4.69) is 20.8 Å². The van der Waals surface area contributed by atoms with Crippen LogP contribution < -0.4 is 0 Å². The van der Waals surface area contributed by atoms with Gasteiger partial charge in [-0.15, -0.1) is 0 Å². The molecule has 1 aromatic rings. The van der Waals surface area contributed by atoms with Gasteiger partial charge in [-0.2, -0.15) is 0 Å². The van der Waals surface area contributed by atoms with Crippen molar-refractivity contribution in [1.29, 1.82) is 0 Å². The van der Waals surface area contributed by atoms with E-state index in [-0.39, 0.29) is 11.3 Å². The van der Waals surface area contributed by atoms with Crippen LogP contribution in [0.1, 0.15) is 56.7 Å². The first kappa shape index (κ1) is 13.8. The summed E-state index contributed by atoms with van der Waals surface area (Å²) in [6.45, 7) is 10.2. The predicted molar refractivity (Wildman–Crippen MR) is 70.6 cm³/mol. The summed E-state index contributed by atoms with van der Waals surface area (Å²) in [5.41, 5.74) is 3.05.